The molecule has 0 aliphatic carbocycles. The average molecular weight is 257 g/mol. The highest BCUT2D eigenvalue weighted by molar-refractivity contribution is 5.73. The van der Waals surface area contributed by atoms with Gasteiger partial charge in [0, 0.05) is 13.0 Å². The van der Waals surface area contributed by atoms with Crippen LogP contribution in [0.25, 0.3) is 0 Å². The van der Waals surface area contributed by atoms with Crippen molar-refractivity contribution in [2.45, 2.75) is 83.5 Å². The first-order valence-electron chi connectivity index (χ1n) is 7.66. The predicted octanol–water partition coefficient (Wildman–Crippen LogP) is 3.54. The first-order chi connectivity index (χ1) is 8.77. The number of primary amides is 1. The summed E-state index contributed by atoms with van der Waals surface area (Å²) in [4.78, 5) is 10.5. The van der Waals surface area contributed by atoms with Gasteiger partial charge in [-0.15, -0.1) is 0 Å². The maximum absolute atomic E-state index is 10.5. The van der Waals surface area contributed by atoms with E-state index in [1.165, 1.54) is 57.8 Å². The standard InChI is InChI=1S/C15H31NO2/c16-15(18)13-11-9-7-5-3-1-2-4-6-8-10-12-14-17/h17H,1-14H2,(H2,16,18). The Labute approximate surface area is 112 Å². The minimum atomic E-state index is -0.170. The van der Waals surface area contributed by atoms with E-state index >= 15 is 0 Å². The van der Waals surface area contributed by atoms with E-state index in [-0.39, 0.29) is 5.91 Å². The molecule has 18 heavy (non-hydrogen) atoms. The fourth-order valence-electron chi connectivity index (χ4n) is 2.18. The zero-order chi connectivity index (χ0) is 13.5. The first-order valence-corrected chi connectivity index (χ1v) is 7.66. The van der Waals surface area contributed by atoms with Crippen LogP contribution in [0.5, 0.6) is 0 Å². The molecule has 0 rings (SSSR count). The SMILES string of the molecule is NC(=O)CCCCCCCCCCCCCCO. The highest BCUT2D eigenvalue weighted by Gasteiger charge is 1.95. The van der Waals surface area contributed by atoms with E-state index in [2.05, 4.69) is 0 Å². The maximum atomic E-state index is 10.5. The van der Waals surface area contributed by atoms with Gasteiger partial charge >= 0.3 is 0 Å². The van der Waals surface area contributed by atoms with Gasteiger partial charge in [-0.1, -0.05) is 64.2 Å². The normalized spacial score (nSPS) is 10.7. The molecule has 1 amide bonds. The monoisotopic (exact) mass is 257 g/mol. The second-order valence-electron chi connectivity index (χ2n) is 5.18. The van der Waals surface area contributed by atoms with Crippen LogP contribution in [0.15, 0.2) is 0 Å². The zero-order valence-corrected chi connectivity index (χ0v) is 11.8. The molecule has 0 spiro atoms. The minimum absolute atomic E-state index is 0.170. The molecule has 0 aliphatic rings. The second kappa shape index (κ2) is 14.5. The number of hydrogen-bond acceptors (Lipinski definition) is 2. The number of rotatable bonds is 14. The van der Waals surface area contributed by atoms with Crippen LogP contribution in [-0.4, -0.2) is 17.6 Å². The van der Waals surface area contributed by atoms with Crippen LogP contribution >= 0.6 is 0 Å². The highest BCUT2D eigenvalue weighted by Crippen LogP contribution is 2.12. The molecular formula is C15H31NO2. The van der Waals surface area contributed by atoms with Crippen molar-refractivity contribution >= 4 is 5.91 Å². The van der Waals surface area contributed by atoms with Crippen molar-refractivity contribution in [2.75, 3.05) is 6.61 Å². The lowest BCUT2D eigenvalue weighted by Gasteiger charge is -2.02. The van der Waals surface area contributed by atoms with Crippen LogP contribution in [-0.2, 0) is 4.79 Å². The van der Waals surface area contributed by atoms with Crippen molar-refractivity contribution in [1.29, 1.82) is 0 Å². The molecule has 0 aliphatic heterocycles. The summed E-state index contributed by atoms with van der Waals surface area (Å²) in [5.74, 6) is -0.170. The lowest BCUT2D eigenvalue weighted by Crippen LogP contribution is -2.09. The van der Waals surface area contributed by atoms with E-state index in [9.17, 15) is 4.79 Å². The van der Waals surface area contributed by atoms with E-state index in [4.69, 9.17) is 10.8 Å². The van der Waals surface area contributed by atoms with Gasteiger partial charge in [-0.2, -0.15) is 0 Å². The van der Waals surface area contributed by atoms with E-state index in [1.807, 2.05) is 0 Å². The third-order valence-corrected chi connectivity index (χ3v) is 3.33. The molecule has 0 saturated carbocycles. The predicted molar refractivity (Wildman–Crippen MR) is 76.3 cm³/mol. The van der Waals surface area contributed by atoms with Crippen LogP contribution in [0.3, 0.4) is 0 Å². The topological polar surface area (TPSA) is 63.3 Å². The number of carbonyl (C=O) groups excluding carboxylic acids is 1. The van der Waals surface area contributed by atoms with Crippen molar-refractivity contribution in [3.05, 3.63) is 0 Å². The molecule has 0 bridgehead atoms. The van der Waals surface area contributed by atoms with Gasteiger partial charge in [-0.05, 0) is 12.8 Å². The summed E-state index contributed by atoms with van der Waals surface area (Å²) in [5.41, 5.74) is 5.08. The average Bonchev–Trinajstić information content (AvgIpc) is 2.34. The third kappa shape index (κ3) is 15.4. The van der Waals surface area contributed by atoms with Crippen molar-refractivity contribution in [3.8, 4) is 0 Å². The van der Waals surface area contributed by atoms with Crippen molar-refractivity contribution in [1.82, 2.24) is 0 Å². The smallest absolute Gasteiger partial charge is 0.217 e. The largest absolute Gasteiger partial charge is 0.396 e. The van der Waals surface area contributed by atoms with Crippen LogP contribution in [0, 0.1) is 0 Å². The van der Waals surface area contributed by atoms with E-state index in [1.54, 1.807) is 0 Å². The molecule has 3 nitrogen and oxygen atoms in total. The Balaban J connectivity index is 2.92. The van der Waals surface area contributed by atoms with Gasteiger partial charge in [0.25, 0.3) is 0 Å². The van der Waals surface area contributed by atoms with E-state index < -0.39 is 0 Å². The third-order valence-electron chi connectivity index (χ3n) is 3.33. The zero-order valence-electron chi connectivity index (χ0n) is 11.8. The molecule has 0 fully saturated rings. The molecule has 3 heteroatoms. The summed E-state index contributed by atoms with van der Waals surface area (Å²) in [6.07, 6.45) is 15.3. The molecule has 0 saturated heterocycles. The molecule has 0 heterocycles. The van der Waals surface area contributed by atoms with Crippen LogP contribution in [0.1, 0.15) is 83.5 Å². The summed E-state index contributed by atoms with van der Waals surface area (Å²) in [7, 11) is 0. The van der Waals surface area contributed by atoms with Gasteiger partial charge in [0.2, 0.25) is 5.91 Å². The Morgan fingerprint density at radius 1 is 0.667 bits per heavy atom. The first kappa shape index (κ1) is 17.4. The molecule has 0 aromatic heterocycles. The fraction of sp³-hybridized carbons (Fsp3) is 0.933. The lowest BCUT2D eigenvalue weighted by atomic mass is 10.0. The molecule has 0 aromatic carbocycles. The fourth-order valence-corrected chi connectivity index (χ4v) is 2.18. The number of aliphatic hydroxyl groups is 1. The highest BCUT2D eigenvalue weighted by atomic mass is 16.2. The summed E-state index contributed by atoms with van der Waals surface area (Å²) in [6, 6.07) is 0. The van der Waals surface area contributed by atoms with Crippen LogP contribution in [0.2, 0.25) is 0 Å². The molecular weight excluding hydrogens is 226 g/mol. The molecule has 0 atom stereocenters. The summed E-state index contributed by atoms with van der Waals surface area (Å²) in [6.45, 7) is 0.343. The van der Waals surface area contributed by atoms with E-state index in [0.717, 1.165) is 19.3 Å². The number of amides is 1. The molecule has 0 aromatic rings. The minimum Gasteiger partial charge on any atom is -0.396 e. The van der Waals surface area contributed by atoms with Crippen molar-refractivity contribution in [2.24, 2.45) is 5.73 Å². The number of carbonyl (C=O) groups is 1. The van der Waals surface area contributed by atoms with Crippen LogP contribution < -0.4 is 5.73 Å². The number of unbranched alkanes of at least 4 members (excludes halogenated alkanes) is 11. The van der Waals surface area contributed by atoms with Gasteiger partial charge < -0.3 is 10.8 Å². The van der Waals surface area contributed by atoms with Crippen molar-refractivity contribution < 1.29 is 9.90 Å². The van der Waals surface area contributed by atoms with Gasteiger partial charge in [0.1, 0.15) is 0 Å². The molecule has 3 N–H and O–H groups in total. The maximum Gasteiger partial charge on any atom is 0.217 e. The van der Waals surface area contributed by atoms with Gasteiger partial charge in [0.15, 0.2) is 0 Å². The Morgan fingerprint density at radius 3 is 1.33 bits per heavy atom. The Hall–Kier alpha value is -0.570. The number of aliphatic hydroxyl groups excluding tert-OH is 1. The Kier molecular flexibility index (Phi) is 14.0. The Bertz CT molecular complexity index is 183. The molecule has 108 valence electrons. The molecule has 0 radical (unpaired) electrons. The summed E-state index contributed by atoms with van der Waals surface area (Å²) in [5, 5.41) is 8.63. The van der Waals surface area contributed by atoms with Crippen LogP contribution in [0.4, 0.5) is 0 Å². The molecule has 0 unspecified atom stereocenters. The lowest BCUT2D eigenvalue weighted by molar-refractivity contribution is -0.118. The number of nitrogens with two attached hydrogens (primary N) is 1. The van der Waals surface area contributed by atoms with Crippen molar-refractivity contribution in [3.63, 3.8) is 0 Å². The summed E-state index contributed by atoms with van der Waals surface area (Å²) < 4.78 is 0. The quantitative estimate of drug-likeness (QED) is 0.467. The van der Waals surface area contributed by atoms with E-state index in [0.29, 0.717) is 13.0 Å². The Morgan fingerprint density at radius 2 is 1.00 bits per heavy atom. The summed E-state index contributed by atoms with van der Waals surface area (Å²) >= 11 is 0. The second-order valence-corrected chi connectivity index (χ2v) is 5.18. The number of hydrogen-bond donors (Lipinski definition) is 2. The van der Waals surface area contributed by atoms with Gasteiger partial charge in [-0.25, -0.2) is 0 Å². The van der Waals surface area contributed by atoms with Gasteiger partial charge in [-0.3, -0.25) is 4.79 Å². The van der Waals surface area contributed by atoms with Gasteiger partial charge in [0.05, 0.1) is 0 Å².